The van der Waals surface area contributed by atoms with Crippen molar-refractivity contribution in [3.05, 3.63) is 67.0 Å². The summed E-state index contributed by atoms with van der Waals surface area (Å²) in [4.78, 5) is 19.2. The van der Waals surface area contributed by atoms with E-state index in [4.69, 9.17) is 0 Å². The van der Waals surface area contributed by atoms with Crippen LogP contribution in [0.15, 0.2) is 66.6 Å². The van der Waals surface area contributed by atoms with Gasteiger partial charge in [-0.05, 0) is 43.5 Å². The van der Waals surface area contributed by atoms with Crippen LogP contribution in [0.2, 0.25) is 0 Å². The van der Waals surface area contributed by atoms with Crippen molar-refractivity contribution in [3.63, 3.8) is 0 Å². The lowest BCUT2D eigenvalue weighted by molar-refractivity contribution is -0.117. The van der Waals surface area contributed by atoms with Gasteiger partial charge in [0.2, 0.25) is 5.91 Å². The van der Waals surface area contributed by atoms with Crippen LogP contribution in [0.1, 0.15) is 18.9 Å². The van der Waals surface area contributed by atoms with Crippen LogP contribution in [-0.4, -0.2) is 37.5 Å². The monoisotopic (exact) mass is 405 g/mol. The maximum Gasteiger partial charge on any atom is 0.240 e. The summed E-state index contributed by atoms with van der Waals surface area (Å²) in [6.45, 7) is 7.11. The summed E-state index contributed by atoms with van der Waals surface area (Å²) in [5.74, 6) is 0.846. The number of thioether (sulfide) groups is 1. The van der Waals surface area contributed by atoms with E-state index in [0.29, 0.717) is 11.7 Å². The highest BCUT2D eigenvalue weighted by atomic mass is 32.2. The number of pyridine rings is 1. The zero-order valence-corrected chi connectivity index (χ0v) is 17.2. The van der Waals surface area contributed by atoms with Crippen molar-refractivity contribution in [2.24, 2.45) is 0 Å². The van der Waals surface area contributed by atoms with E-state index in [1.165, 1.54) is 17.3 Å². The van der Waals surface area contributed by atoms with E-state index >= 15 is 0 Å². The summed E-state index contributed by atoms with van der Waals surface area (Å²) in [6.07, 6.45) is 7.28. The number of aryl methyl sites for hydroxylation is 1. The molecule has 1 amide bonds. The maximum atomic E-state index is 13.2. The number of nitrogens with zero attached hydrogens (tertiary/aromatic N) is 5. The van der Waals surface area contributed by atoms with Crippen LogP contribution in [0.3, 0.4) is 0 Å². The number of fused-ring (bicyclic) bond motifs is 1. The summed E-state index contributed by atoms with van der Waals surface area (Å²) in [6, 6.07) is 12.0. The molecule has 0 fully saturated rings. The normalized spacial score (nSPS) is 14.3. The number of carbonyl (C=O) groups is 1. The second-order valence-corrected chi connectivity index (χ2v) is 8.23. The number of para-hydroxylation sites is 1. The van der Waals surface area contributed by atoms with E-state index < -0.39 is 0 Å². The molecular formula is C22H23N5OS. The van der Waals surface area contributed by atoms with Crippen LogP contribution in [-0.2, 0) is 17.8 Å². The Morgan fingerprint density at radius 3 is 2.83 bits per heavy atom. The predicted octanol–water partition coefficient (Wildman–Crippen LogP) is 3.99. The van der Waals surface area contributed by atoms with Gasteiger partial charge < -0.3 is 4.90 Å². The van der Waals surface area contributed by atoms with Gasteiger partial charge in [-0.2, -0.15) is 0 Å². The molecule has 0 saturated carbocycles. The lowest BCUT2D eigenvalue weighted by Crippen LogP contribution is -2.40. The number of aromatic nitrogens is 4. The Hall–Kier alpha value is -2.93. The standard InChI is InChI=1S/C22H23N5OS/c1-3-14-27-20(18-10-12-23-13-11-18)24-25-22(27)29-16(2)21(28)26-15-6-8-17-7-4-5-9-19(17)26/h3-5,7,9-13,16H,1,6,8,14-15H2,2H3/t16-/m0/s1. The largest absolute Gasteiger partial charge is 0.311 e. The summed E-state index contributed by atoms with van der Waals surface area (Å²) < 4.78 is 1.99. The molecule has 3 aromatic rings. The first-order chi connectivity index (χ1) is 14.2. The molecule has 1 aliphatic heterocycles. The molecule has 3 heterocycles. The van der Waals surface area contributed by atoms with Gasteiger partial charge in [0.05, 0.1) is 5.25 Å². The number of rotatable bonds is 6. The van der Waals surface area contributed by atoms with Crippen LogP contribution >= 0.6 is 11.8 Å². The van der Waals surface area contributed by atoms with Gasteiger partial charge in [0.15, 0.2) is 11.0 Å². The Morgan fingerprint density at radius 2 is 2.03 bits per heavy atom. The van der Waals surface area contributed by atoms with Crippen molar-refractivity contribution in [2.45, 2.75) is 36.7 Å². The van der Waals surface area contributed by atoms with Crippen molar-refractivity contribution in [2.75, 3.05) is 11.4 Å². The molecule has 2 aromatic heterocycles. The summed E-state index contributed by atoms with van der Waals surface area (Å²) in [5.41, 5.74) is 3.20. The summed E-state index contributed by atoms with van der Waals surface area (Å²) in [7, 11) is 0. The van der Waals surface area contributed by atoms with Crippen molar-refractivity contribution >= 4 is 23.4 Å². The number of amides is 1. The fourth-order valence-corrected chi connectivity index (χ4v) is 4.50. The minimum Gasteiger partial charge on any atom is -0.311 e. The smallest absolute Gasteiger partial charge is 0.240 e. The average molecular weight is 406 g/mol. The number of anilines is 1. The Morgan fingerprint density at radius 1 is 1.24 bits per heavy atom. The van der Waals surface area contributed by atoms with Crippen LogP contribution < -0.4 is 4.90 Å². The second-order valence-electron chi connectivity index (χ2n) is 6.92. The molecule has 0 unspecified atom stereocenters. The van der Waals surface area contributed by atoms with Gasteiger partial charge in [-0.3, -0.25) is 14.3 Å². The highest BCUT2D eigenvalue weighted by Crippen LogP contribution is 2.31. The zero-order chi connectivity index (χ0) is 20.2. The van der Waals surface area contributed by atoms with Crippen LogP contribution in [0, 0.1) is 0 Å². The first kappa shape index (κ1) is 19.4. The van der Waals surface area contributed by atoms with E-state index in [-0.39, 0.29) is 11.2 Å². The molecule has 1 aliphatic rings. The van der Waals surface area contributed by atoms with Gasteiger partial charge in [0.25, 0.3) is 0 Å². The Kier molecular flexibility index (Phi) is 5.76. The quantitative estimate of drug-likeness (QED) is 0.458. The molecule has 1 aromatic carbocycles. The van der Waals surface area contributed by atoms with Gasteiger partial charge in [0.1, 0.15) is 0 Å². The molecule has 0 saturated heterocycles. The fraction of sp³-hybridized carbons (Fsp3) is 0.273. The summed E-state index contributed by atoms with van der Waals surface area (Å²) in [5, 5.41) is 9.15. The lowest BCUT2D eigenvalue weighted by Gasteiger charge is -2.31. The molecule has 0 N–H and O–H groups in total. The van der Waals surface area contributed by atoms with E-state index in [1.54, 1.807) is 12.4 Å². The molecule has 4 rings (SSSR count). The number of allylic oxidation sites excluding steroid dienone is 1. The second kappa shape index (κ2) is 8.61. The van der Waals surface area contributed by atoms with Gasteiger partial charge in [-0.25, -0.2) is 0 Å². The van der Waals surface area contributed by atoms with E-state index in [1.807, 2.05) is 52.8 Å². The summed E-state index contributed by atoms with van der Waals surface area (Å²) >= 11 is 1.44. The predicted molar refractivity (Wildman–Crippen MR) is 116 cm³/mol. The molecule has 148 valence electrons. The molecule has 0 spiro atoms. The highest BCUT2D eigenvalue weighted by molar-refractivity contribution is 8.00. The third-order valence-corrected chi connectivity index (χ3v) is 6.04. The first-order valence-corrected chi connectivity index (χ1v) is 10.6. The third kappa shape index (κ3) is 3.96. The number of hydrogen-bond acceptors (Lipinski definition) is 5. The highest BCUT2D eigenvalue weighted by Gasteiger charge is 2.28. The van der Waals surface area contributed by atoms with Crippen molar-refractivity contribution < 1.29 is 4.79 Å². The van der Waals surface area contributed by atoms with Gasteiger partial charge in [-0.15, -0.1) is 16.8 Å². The molecular weight excluding hydrogens is 382 g/mol. The van der Waals surface area contributed by atoms with Crippen LogP contribution in [0.25, 0.3) is 11.4 Å². The van der Waals surface area contributed by atoms with E-state index in [2.05, 4.69) is 27.8 Å². The van der Waals surface area contributed by atoms with Crippen LogP contribution in [0.4, 0.5) is 5.69 Å². The molecule has 0 radical (unpaired) electrons. The Balaban J connectivity index is 1.57. The van der Waals surface area contributed by atoms with E-state index in [9.17, 15) is 4.79 Å². The molecule has 1 atom stereocenters. The molecule has 0 bridgehead atoms. The SMILES string of the molecule is C=CCn1c(S[C@@H](C)C(=O)N2CCCc3ccccc32)nnc1-c1ccncc1. The minimum atomic E-state index is -0.279. The fourth-order valence-electron chi connectivity index (χ4n) is 3.57. The average Bonchev–Trinajstić information content (AvgIpc) is 3.16. The number of carbonyl (C=O) groups excluding carboxylic acids is 1. The Labute approximate surface area is 174 Å². The topological polar surface area (TPSA) is 63.9 Å². The minimum absolute atomic E-state index is 0.0979. The molecule has 7 heteroatoms. The zero-order valence-electron chi connectivity index (χ0n) is 16.4. The van der Waals surface area contributed by atoms with Crippen molar-refractivity contribution in [1.82, 2.24) is 19.7 Å². The van der Waals surface area contributed by atoms with Gasteiger partial charge >= 0.3 is 0 Å². The number of hydrogen-bond donors (Lipinski definition) is 0. The third-order valence-electron chi connectivity index (χ3n) is 4.97. The van der Waals surface area contributed by atoms with Gasteiger partial charge in [-0.1, -0.05) is 36.0 Å². The number of benzene rings is 1. The Bertz CT molecular complexity index is 1020. The van der Waals surface area contributed by atoms with Crippen LogP contribution in [0.5, 0.6) is 0 Å². The molecule has 0 aliphatic carbocycles. The maximum absolute atomic E-state index is 13.2. The lowest BCUT2D eigenvalue weighted by atomic mass is 10.0. The first-order valence-electron chi connectivity index (χ1n) is 9.69. The van der Waals surface area contributed by atoms with Crippen molar-refractivity contribution in [1.29, 1.82) is 0 Å². The molecule has 6 nitrogen and oxygen atoms in total. The van der Waals surface area contributed by atoms with E-state index in [0.717, 1.165) is 36.5 Å². The van der Waals surface area contributed by atoms with Crippen molar-refractivity contribution in [3.8, 4) is 11.4 Å². The molecule has 29 heavy (non-hydrogen) atoms. The van der Waals surface area contributed by atoms with Gasteiger partial charge in [0, 0.05) is 36.7 Å².